The van der Waals surface area contributed by atoms with Crippen molar-refractivity contribution in [3.8, 4) is 0 Å². The van der Waals surface area contributed by atoms with Gasteiger partial charge in [0.2, 0.25) is 0 Å². The molecule has 0 bridgehead atoms. The lowest BCUT2D eigenvalue weighted by Gasteiger charge is -2.24. The molecule has 0 aromatic heterocycles. The summed E-state index contributed by atoms with van der Waals surface area (Å²) < 4.78 is 0.581. The van der Waals surface area contributed by atoms with Gasteiger partial charge in [0.15, 0.2) is 0 Å². The Kier molecular flexibility index (Phi) is 7.21. The highest BCUT2D eigenvalue weighted by Crippen LogP contribution is 2.20. The first-order chi connectivity index (χ1) is 10.2. The Labute approximate surface area is 144 Å². The van der Waals surface area contributed by atoms with E-state index in [-0.39, 0.29) is 17.6 Å². The van der Waals surface area contributed by atoms with Crippen LogP contribution in [0.3, 0.4) is 0 Å². The van der Waals surface area contributed by atoms with Crippen molar-refractivity contribution in [2.45, 2.75) is 26.3 Å². The lowest BCUT2D eigenvalue weighted by Crippen LogP contribution is -2.42. The number of nitrogens with one attached hydrogen (secondary N) is 1. The van der Waals surface area contributed by atoms with Gasteiger partial charge >= 0.3 is 0 Å². The molecule has 1 rings (SSSR count). The van der Waals surface area contributed by atoms with Gasteiger partial charge in [-0.15, -0.1) is 0 Å². The van der Waals surface area contributed by atoms with E-state index in [2.05, 4.69) is 19.2 Å². The molecule has 1 aromatic carbocycles. The molecule has 7 heteroatoms. The molecule has 0 radical (unpaired) electrons. The third-order valence-electron chi connectivity index (χ3n) is 3.08. The minimum atomic E-state index is -0.461. The standard InChI is InChI=1S/C15H22IN3O3/c1-10(2)7-11(9-18(3)4)17-15(20)13-6-5-12(19(21)22)8-14(13)16/h5-6,8,10-11H,7,9H2,1-4H3,(H,17,20). The Morgan fingerprint density at radius 1 is 1.41 bits per heavy atom. The van der Waals surface area contributed by atoms with E-state index in [1.54, 1.807) is 0 Å². The van der Waals surface area contributed by atoms with Crippen LogP contribution in [-0.4, -0.2) is 42.4 Å². The number of benzene rings is 1. The van der Waals surface area contributed by atoms with Gasteiger partial charge in [0, 0.05) is 28.3 Å². The Hall–Kier alpha value is -1.22. The first-order valence-corrected chi connectivity index (χ1v) is 8.18. The van der Waals surface area contributed by atoms with Crippen LogP contribution in [0.15, 0.2) is 18.2 Å². The van der Waals surface area contributed by atoms with Crippen LogP contribution in [0, 0.1) is 19.6 Å². The van der Waals surface area contributed by atoms with Crippen molar-refractivity contribution >= 4 is 34.2 Å². The minimum absolute atomic E-state index is 0.00651. The number of nitro groups is 1. The number of non-ortho nitro benzene ring substituents is 1. The first kappa shape index (κ1) is 18.8. The molecule has 6 nitrogen and oxygen atoms in total. The summed E-state index contributed by atoms with van der Waals surface area (Å²) in [5.41, 5.74) is 0.465. The summed E-state index contributed by atoms with van der Waals surface area (Å²) in [6.45, 7) is 4.99. The smallest absolute Gasteiger partial charge is 0.270 e. The highest BCUT2D eigenvalue weighted by Gasteiger charge is 2.19. The molecule has 0 saturated heterocycles. The number of carbonyl (C=O) groups excluding carboxylic acids is 1. The van der Waals surface area contributed by atoms with E-state index >= 15 is 0 Å². The van der Waals surface area contributed by atoms with Crippen LogP contribution in [0.2, 0.25) is 0 Å². The van der Waals surface area contributed by atoms with Gasteiger partial charge < -0.3 is 10.2 Å². The zero-order chi connectivity index (χ0) is 16.9. The molecule has 1 unspecified atom stereocenters. The number of halogens is 1. The average molecular weight is 419 g/mol. The van der Waals surface area contributed by atoms with Crippen molar-refractivity contribution in [3.63, 3.8) is 0 Å². The second-order valence-corrected chi connectivity index (χ2v) is 7.15. The zero-order valence-corrected chi connectivity index (χ0v) is 15.5. The van der Waals surface area contributed by atoms with Crippen LogP contribution in [0.5, 0.6) is 0 Å². The molecule has 1 N–H and O–H groups in total. The summed E-state index contributed by atoms with van der Waals surface area (Å²) in [4.78, 5) is 24.7. The Bertz CT molecular complexity index is 537. The van der Waals surface area contributed by atoms with Crippen molar-refractivity contribution in [2.75, 3.05) is 20.6 Å². The van der Waals surface area contributed by atoms with Crippen LogP contribution >= 0.6 is 22.6 Å². The molecule has 0 spiro atoms. The summed E-state index contributed by atoms with van der Waals surface area (Å²) in [5, 5.41) is 13.8. The highest BCUT2D eigenvalue weighted by atomic mass is 127. The van der Waals surface area contributed by atoms with Crippen LogP contribution < -0.4 is 5.32 Å². The number of nitro benzene ring substituents is 1. The predicted octanol–water partition coefficient (Wildman–Crippen LogP) is 2.91. The van der Waals surface area contributed by atoms with Crippen LogP contribution in [0.25, 0.3) is 0 Å². The van der Waals surface area contributed by atoms with Crippen molar-refractivity contribution in [1.29, 1.82) is 0 Å². The molecule has 0 aliphatic rings. The van der Waals surface area contributed by atoms with Crippen molar-refractivity contribution in [2.24, 2.45) is 5.92 Å². The van der Waals surface area contributed by atoms with Crippen LogP contribution in [0.4, 0.5) is 5.69 Å². The quantitative estimate of drug-likeness (QED) is 0.419. The zero-order valence-electron chi connectivity index (χ0n) is 13.3. The topological polar surface area (TPSA) is 75.5 Å². The maximum Gasteiger partial charge on any atom is 0.270 e. The average Bonchev–Trinajstić information content (AvgIpc) is 2.36. The maximum atomic E-state index is 12.4. The molecule has 0 aliphatic carbocycles. The number of nitrogens with zero attached hydrogens (tertiary/aromatic N) is 2. The van der Waals surface area contributed by atoms with Crippen LogP contribution in [0.1, 0.15) is 30.6 Å². The fraction of sp³-hybridized carbons (Fsp3) is 0.533. The van der Waals surface area contributed by atoms with Gasteiger partial charge in [0.1, 0.15) is 0 Å². The second kappa shape index (κ2) is 8.42. The van der Waals surface area contributed by atoms with Gasteiger partial charge in [0.25, 0.3) is 11.6 Å². The molecular weight excluding hydrogens is 397 g/mol. The number of carbonyl (C=O) groups is 1. The summed E-state index contributed by atoms with van der Waals surface area (Å²) in [5.74, 6) is 0.285. The molecule has 122 valence electrons. The summed E-state index contributed by atoms with van der Waals surface area (Å²) in [7, 11) is 3.93. The Balaban J connectivity index is 2.87. The van der Waals surface area contributed by atoms with Gasteiger partial charge in [-0.1, -0.05) is 13.8 Å². The maximum absolute atomic E-state index is 12.4. The first-order valence-electron chi connectivity index (χ1n) is 7.10. The fourth-order valence-corrected chi connectivity index (χ4v) is 3.00. The van der Waals surface area contributed by atoms with E-state index in [9.17, 15) is 14.9 Å². The molecule has 22 heavy (non-hydrogen) atoms. The van der Waals surface area contributed by atoms with E-state index in [1.165, 1.54) is 18.2 Å². The van der Waals surface area contributed by atoms with Gasteiger partial charge in [0.05, 0.1) is 10.5 Å². The molecular formula is C15H22IN3O3. The number of amides is 1. The van der Waals surface area contributed by atoms with Crippen LogP contribution in [-0.2, 0) is 0 Å². The van der Waals surface area contributed by atoms with Gasteiger partial charge in [-0.2, -0.15) is 0 Å². The van der Waals surface area contributed by atoms with Gasteiger partial charge in [-0.25, -0.2) is 0 Å². The predicted molar refractivity (Wildman–Crippen MR) is 95.1 cm³/mol. The fourth-order valence-electron chi connectivity index (χ4n) is 2.25. The van der Waals surface area contributed by atoms with E-state index < -0.39 is 4.92 Å². The normalized spacial score (nSPS) is 12.5. The number of likely N-dealkylation sites (N-methyl/N-ethyl adjacent to an activating group) is 1. The second-order valence-electron chi connectivity index (χ2n) is 5.98. The molecule has 1 amide bonds. The van der Waals surface area contributed by atoms with E-state index in [0.717, 1.165) is 13.0 Å². The van der Waals surface area contributed by atoms with Gasteiger partial charge in [-0.05, 0) is 55.1 Å². The monoisotopic (exact) mass is 419 g/mol. The Morgan fingerprint density at radius 2 is 2.05 bits per heavy atom. The van der Waals surface area contributed by atoms with E-state index in [1.807, 2.05) is 41.6 Å². The lowest BCUT2D eigenvalue weighted by molar-refractivity contribution is -0.384. The molecule has 1 aromatic rings. The number of rotatable bonds is 7. The molecule has 0 fully saturated rings. The number of hydrogen-bond donors (Lipinski definition) is 1. The minimum Gasteiger partial charge on any atom is -0.348 e. The molecule has 0 aliphatic heterocycles. The van der Waals surface area contributed by atoms with E-state index in [4.69, 9.17) is 0 Å². The molecule has 0 saturated carbocycles. The molecule has 1 atom stereocenters. The highest BCUT2D eigenvalue weighted by molar-refractivity contribution is 14.1. The van der Waals surface area contributed by atoms with Crippen molar-refractivity contribution in [1.82, 2.24) is 10.2 Å². The summed E-state index contributed by atoms with van der Waals surface area (Å²) >= 11 is 1.96. The van der Waals surface area contributed by atoms with Crippen molar-refractivity contribution < 1.29 is 9.72 Å². The number of hydrogen-bond acceptors (Lipinski definition) is 4. The largest absolute Gasteiger partial charge is 0.348 e. The Morgan fingerprint density at radius 3 is 2.50 bits per heavy atom. The van der Waals surface area contributed by atoms with Gasteiger partial charge in [-0.3, -0.25) is 14.9 Å². The third kappa shape index (κ3) is 5.88. The lowest BCUT2D eigenvalue weighted by atomic mass is 10.0. The summed E-state index contributed by atoms with van der Waals surface area (Å²) in [6, 6.07) is 4.34. The molecule has 0 heterocycles. The van der Waals surface area contributed by atoms with E-state index in [0.29, 0.717) is 15.1 Å². The van der Waals surface area contributed by atoms with Crippen molar-refractivity contribution in [3.05, 3.63) is 37.4 Å². The SMILES string of the molecule is CC(C)CC(CN(C)C)NC(=O)c1ccc([N+](=O)[O-])cc1I. The summed E-state index contributed by atoms with van der Waals surface area (Å²) in [6.07, 6.45) is 0.882. The third-order valence-corrected chi connectivity index (χ3v) is 3.98.